The van der Waals surface area contributed by atoms with E-state index in [4.69, 9.17) is 11.6 Å². The quantitative estimate of drug-likeness (QED) is 0.637. The predicted molar refractivity (Wildman–Crippen MR) is 142 cm³/mol. The molecular weight excluding hydrogens is 476 g/mol. The number of piperazine rings is 2. The molecule has 2 aromatic rings. The number of likely N-dealkylation sites (N-methyl/N-ethyl adjacent to an activating group) is 1. The van der Waals surface area contributed by atoms with Gasteiger partial charge in [-0.15, -0.1) is 0 Å². The first-order valence-corrected chi connectivity index (χ1v) is 13.6. The molecule has 36 heavy (non-hydrogen) atoms. The summed E-state index contributed by atoms with van der Waals surface area (Å²) < 4.78 is 0. The van der Waals surface area contributed by atoms with Gasteiger partial charge >= 0.3 is 0 Å². The first-order chi connectivity index (χ1) is 17.4. The highest BCUT2D eigenvalue weighted by Gasteiger charge is 2.35. The topological polar surface area (TPSA) is 76.0 Å². The molecule has 3 heterocycles. The molecule has 0 radical (unpaired) electrons. The van der Waals surface area contributed by atoms with Gasteiger partial charge in [-0.3, -0.25) is 9.69 Å². The molecule has 0 bridgehead atoms. The van der Waals surface area contributed by atoms with Gasteiger partial charge in [0.2, 0.25) is 5.91 Å². The van der Waals surface area contributed by atoms with Gasteiger partial charge in [0.1, 0.15) is 12.1 Å². The predicted octanol–water partition coefficient (Wildman–Crippen LogP) is 2.74. The third kappa shape index (κ3) is 5.23. The number of fused-ring (bicyclic) bond motifs is 1. The lowest BCUT2D eigenvalue weighted by Crippen LogP contribution is -2.53. The van der Waals surface area contributed by atoms with Crippen LogP contribution < -0.4 is 4.90 Å². The molecule has 9 heteroatoms. The molecule has 8 nitrogen and oxygen atoms in total. The number of hydrogen-bond donors (Lipinski definition) is 1. The van der Waals surface area contributed by atoms with Crippen LogP contribution in [0.1, 0.15) is 55.0 Å². The van der Waals surface area contributed by atoms with Gasteiger partial charge in [0.05, 0.1) is 17.7 Å². The van der Waals surface area contributed by atoms with Crippen LogP contribution in [0.3, 0.4) is 0 Å². The molecule has 194 valence electrons. The average molecular weight is 513 g/mol. The summed E-state index contributed by atoms with van der Waals surface area (Å²) in [6.45, 7) is 13.0. The normalized spacial score (nSPS) is 24.1. The fraction of sp³-hybridized carbons (Fsp3) is 0.593. The van der Waals surface area contributed by atoms with E-state index < -0.39 is 6.10 Å². The number of aliphatic hydroxyl groups excluding tert-OH is 1. The number of benzene rings is 1. The molecule has 2 aliphatic heterocycles. The SMILES string of the molecule is CCN1CCN(C[C@@H](C(=O)N2CCN(c3ncnc4c3[C@H](C)C[C@H]4O)CC2)c2ccc(Cl)cc2)CC1. The number of carbonyl (C=O) groups is 1. The number of rotatable bonds is 6. The van der Waals surface area contributed by atoms with E-state index in [1.54, 1.807) is 6.33 Å². The van der Waals surface area contributed by atoms with Gasteiger partial charge in [0, 0.05) is 69.5 Å². The molecule has 0 spiro atoms. The smallest absolute Gasteiger partial charge is 0.231 e. The zero-order chi connectivity index (χ0) is 25.2. The monoisotopic (exact) mass is 512 g/mol. The summed E-state index contributed by atoms with van der Waals surface area (Å²) in [5, 5.41) is 11.0. The molecule has 1 aromatic carbocycles. The standard InChI is InChI=1S/C27H37ClN6O2/c1-3-31-8-10-32(11-9-31)17-22(20-4-6-21(28)7-5-20)27(36)34-14-12-33(13-15-34)26-24-19(2)16-23(35)25(24)29-18-30-26/h4-7,18-19,22-23,35H,3,8-17H2,1-2H3/t19-,22-,23-/m1/s1. The highest BCUT2D eigenvalue weighted by Crippen LogP contribution is 2.42. The average Bonchev–Trinajstić information content (AvgIpc) is 3.21. The van der Waals surface area contributed by atoms with Gasteiger partial charge in [-0.25, -0.2) is 9.97 Å². The van der Waals surface area contributed by atoms with Crippen molar-refractivity contribution in [3.05, 3.63) is 52.4 Å². The maximum absolute atomic E-state index is 13.9. The number of carbonyl (C=O) groups excluding carboxylic acids is 1. The minimum atomic E-state index is -0.515. The van der Waals surface area contributed by atoms with Crippen LogP contribution in [0.5, 0.6) is 0 Å². The van der Waals surface area contributed by atoms with Crippen molar-refractivity contribution in [3.8, 4) is 0 Å². The van der Waals surface area contributed by atoms with E-state index in [-0.39, 0.29) is 17.7 Å². The van der Waals surface area contributed by atoms with Crippen LogP contribution in [0.2, 0.25) is 5.02 Å². The van der Waals surface area contributed by atoms with Crippen molar-refractivity contribution >= 4 is 23.3 Å². The van der Waals surface area contributed by atoms with Crippen LogP contribution in [0.15, 0.2) is 30.6 Å². The summed E-state index contributed by atoms with van der Waals surface area (Å²) in [5.41, 5.74) is 2.85. The molecule has 1 amide bonds. The lowest BCUT2D eigenvalue weighted by Gasteiger charge is -2.40. The number of amides is 1. The number of aromatic nitrogens is 2. The van der Waals surface area contributed by atoms with Crippen molar-refractivity contribution in [2.24, 2.45) is 0 Å². The summed E-state index contributed by atoms with van der Waals surface area (Å²) in [6, 6.07) is 7.77. The molecule has 0 unspecified atom stereocenters. The van der Waals surface area contributed by atoms with Crippen molar-refractivity contribution in [1.82, 2.24) is 24.7 Å². The van der Waals surface area contributed by atoms with E-state index in [9.17, 15) is 9.90 Å². The summed E-state index contributed by atoms with van der Waals surface area (Å²) in [4.78, 5) is 32.0. The molecular formula is C27H37ClN6O2. The highest BCUT2D eigenvalue weighted by molar-refractivity contribution is 6.30. The molecule has 1 aromatic heterocycles. The van der Waals surface area contributed by atoms with Crippen LogP contribution in [0.25, 0.3) is 0 Å². The Morgan fingerprint density at radius 3 is 2.36 bits per heavy atom. The molecule has 2 fully saturated rings. The molecule has 3 aliphatic rings. The Labute approximate surface area is 218 Å². The summed E-state index contributed by atoms with van der Waals surface area (Å²) >= 11 is 6.16. The summed E-state index contributed by atoms with van der Waals surface area (Å²) in [7, 11) is 0. The maximum Gasteiger partial charge on any atom is 0.231 e. The van der Waals surface area contributed by atoms with E-state index in [1.807, 2.05) is 29.2 Å². The van der Waals surface area contributed by atoms with E-state index in [0.717, 1.165) is 75.0 Å². The Kier molecular flexibility index (Phi) is 7.76. The largest absolute Gasteiger partial charge is 0.387 e. The number of nitrogens with zero attached hydrogens (tertiary/aromatic N) is 6. The minimum absolute atomic E-state index is 0.187. The number of aliphatic hydroxyl groups is 1. The lowest BCUT2D eigenvalue weighted by molar-refractivity contribution is -0.133. The molecule has 3 atom stereocenters. The molecule has 2 saturated heterocycles. The molecule has 5 rings (SSSR count). The van der Waals surface area contributed by atoms with E-state index >= 15 is 0 Å². The third-order valence-corrected chi connectivity index (χ3v) is 8.35. The van der Waals surface area contributed by atoms with Gasteiger partial charge in [-0.05, 0) is 36.6 Å². The van der Waals surface area contributed by atoms with Crippen LogP contribution in [0.4, 0.5) is 5.82 Å². The van der Waals surface area contributed by atoms with Crippen LogP contribution in [-0.4, -0.2) is 101 Å². The Balaban J connectivity index is 1.28. The number of halogens is 1. The second kappa shape index (κ2) is 11.0. The molecule has 1 aliphatic carbocycles. The van der Waals surface area contributed by atoms with Gasteiger partial charge in [0.15, 0.2) is 0 Å². The van der Waals surface area contributed by atoms with Crippen molar-refractivity contribution in [2.45, 2.75) is 38.2 Å². The minimum Gasteiger partial charge on any atom is -0.387 e. The Morgan fingerprint density at radius 1 is 1.03 bits per heavy atom. The summed E-state index contributed by atoms with van der Waals surface area (Å²) in [5.74, 6) is 1.12. The Morgan fingerprint density at radius 2 is 1.69 bits per heavy atom. The maximum atomic E-state index is 13.9. The van der Waals surface area contributed by atoms with Crippen molar-refractivity contribution in [3.63, 3.8) is 0 Å². The van der Waals surface area contributed by atoms with Crippen molar-refractivity contribution in [2.75, 3.05) is 70.3 Å². The van der Waals surface area contributed by atoms with E-state index in [1.165, 1.54) is 0 Å². The Bertz CT molecular complexity index is 1050. The first kappa shape index (κ1) is 25.4. The van der Waals surface area contributed by atoms with Crippen LogP contribution in [0, 0.1) is 0 Å². The van der Waals surface area contributed by atoms with Crippen LogP contribution in [-0.2, 0) is 4.79 Å². The van der Waals surface area contributed by atoms with Gasteiger partial charge < -0.3 is 19.8 Å². The van der Waals surface area contributed by atoms with Gasteiger partial charge in [0.25, 0.3) is 0 Å². The number of hydrogen-bond acceptors (Lipinski definition) is 7. The Hall–Kier alpha value is -2.26. The summed E-state index contributed by atoms with van der Waals surface area (Å²) in [6.07, 6.45) is 1.73. The zero-order valence-electron chi connectivity index (χ0n) is 21.3. The number of anilines is 1. The molecule has 0 saturated carbocycles. The van der Waals surface area contributed by atoms with E-state index in [2.05, 4.69) is 38.5 Å². The van der Waals surface area contributed by atoms with E-state index in [0.29, 0.717) is 24.5 Å². The second-order valence-corrected chi connectivity index (χ2v) is 10.7. The first-order valence-electron chi connectivity index (χ1n) is 13.2. The highest BCUT2D eigenvalue weighted by atomic mass is 35.5. The lowest BCUT2D eigenvalue weighted by atomic mass is 9.96. The third-order valence-electron chi connectivity index (χ3n) is 8.09. The second-order valence-electron chi connectivity index (χ2n) is 10.3. The fourth-order valence-corrected chi connectivity index (χ4v) is 6.01. The van der Waals surface area contributed by atoms with Crippen molar-refractivity contribution < 1.29 is 9.90 Å². The fourth-order valence-electron chi connectivity index (χ4n) is 5.88. The van der Waals surface area contributed by atoms with Crippen LogP contribution >= 0.6 is 11.6 Å². The zero-order valence-corrected chi connectivity index (χ0v) is 22.1. The van der Waals surface area contributed by atoms with Gasteiger partial charge in [-0.1, -0.05) is 37.6 Å². The van der Waals surface area contributed by atoms with Crippen molar-refractivity contribution in [1.29, 1.82) is 0 Å². The van der Waals surface area contributed by atoms with Gasteiger partial charge in [-0.2, -0.15) is 0 Å². The molecule has 1 N–H and O–H groups in total.